The molecule has 0 saturated heterocycles. The van der Waals surface area contributed by atoms with Gasteiger partial charge in [0.2, 0.25) is 5.91 Å². The Balaban J connectivity index is 3.33. The molecule has 0 spiro atoms. The molecule has 0 heterocycles. The zero-order chi connectivity index (χ0) is 65.6. The standard InChI is InChI=1S/C85H163NO5/c1-3-5-7-9-11-13-15-17-19-20-21-43-46-50-53-57-61-65-69-73-77-83(88)82(81-87)86-84(89)78-74-70-66-62-58-54-51-47-44-41-39-37-35-33-31-29-27-25-23-22-24-26-28-30-32-34-36-38-40-42-45-48-52-56-60-64-68-72-76-80-91-85(90)79-75-71-67-63-59-55-49-18-16-14-12-10-8-6-4-2/h12,14,18,22-23,49,82-83,87-88H,3-11,13,15-17,19-21,24-48,50-81H2,1-2H3,(H,86,89)/b14-12-,23-22-,49-18-. The first kappa shape index (κ1) is 89.1. The average Bonchev–Trinajstić information content (AvgIpc) is 3.74. The second kappa shape index (κ2) is 80.5. The molecular formula is C85H163NO5. The van der Waals surface area contributed by atoms with Crippen molar-refractivity contribution in [2.75, 3.05) is 13.2 Å². The van der Waals surface area contributed by atoms with E-state index in [0.717, 1.165) is 51.4 Å². The van der Waals surface area contributed by atoms with Gasteiger partial charge in [-0.2, -0.15) is 0 Å². The second-order valence-electron chi connectivity index (χ2n) is 28.8. The van der Waals surface area contributed by atoms with E-state index in [0.29, 0.717) is 25.9 Å². The van der Waals surface area contributed by atoms with Crippen LogP contribution in [0.1, 0.15) is 470 Å². The highest BCUT2D eigenvalue weighted by atomic mass is 16.5. The van der Waals surface area contributed by atoms with Gasteiger partial charge in [0.15, 0.2) is 0 Å². The van der Waals surface area contributed by atoms with Gasteiger partial charge in [0, 0.05) is 12.8 Å². The first-order chi connectivity index (χ1) is 45.0. The molecule has 6 nitrogen and oxygen atoms in total. The number of nitrogens with one attached hydrogen (secondary N) is 1. The lowest BCUT2D eigenvalue weighted by Gasteiger charge is -2.22. The van der Waals surface area contributed by atoms with Gasteiger partial charge in [0.1, 0.15) is 0 Å². The van der Waals surface area contributed by atoms with Gasteiger partial charge in [0.25, 0.3) is 0 Å². The van der Waals surface area contributed by atoms with Gasteiger partial charge in [-0.15, -0.1) is 0 Å². The van der Waals surface area contributed by atoms with Crippen LogP contribution in [-0.2, 0) is 14.3 Å². The van der Waals surface area contributed by atoms with Crippen LogP contribution in [0, 0.1) is 0 Å². The van der Waals surface area contributed by atoms with Gasteiger partial charge < -0.3 is 20.3 Å². The maximum Gasteiger partial charge on any atom is 0.305 e. The summed E-state index contributed by atoms with van der Waals surface area (Å²) in [6, 6.07) is -0.539. The number of carbonyl (C=O) groups is 2. The van der Waals surface area contributed by atoms with Gasteiger partial charge in [-0.3, -0.25) is 9.59 Å². The molecule has 3 N–H and O–H groups in total. The molecule has 0 aliphatic carbocycles. The van der Waals surface area contributed by atoms with Crippen molar-refractivity contribution >= 4 is 11.9 Å². The summed E-state index contributed by atoms with van der Waals surface area (Å²) < 4.78 is 5.50. The number of amides is 1. The second-order valence-corrected chi connectivity index (χ2v) is 28.8. The van der Waals surface area contributed by atoms with Crippen LogP contribution in [0.2, 0.25) is 0 Å². The van der Waals surface area contributed by atoms with Crippen LogP contribution in [0.5, 0.6) is 0 Å². The van der Waals surface area contributed by atoms with Gasteiger partial charge in [-0.1, -0.05) is 410 Å². The lowest BCUT2D eigenvalue weighted by atomic mass is 10.0. The summed E-state index contributed by atoms with van der Waals surface area (Å²) in [4.78, 5) is 24.6. The Morgan fingerprint density at radius 3 is 0.868 bits per heavy atom. The fourth-order valence-corrected chi connectivity index (χ4v) is 13.3. The minimum absolute atomic E-state index is 0.00910. The third kappa shape index (κ3) is 77.0. The van der Waals surface area contributed by atoms with Crippen LogP contribution >= 0.6 is 0 Å². The molecule has 91 heavy (non-hydrogen) atoms. The molecule has 0 rings (SSSR count). The smallest absolute Gasteiger partial charge is 0.305 e. The van der Waals surface area contributed by atoms with E-state index < -0.39 is 12.1 Å². The SMILES string of the molecule is CCCCC/C=C\C/C=C\CCCCCCCC(=O)OCCCCCCCCCCCCCCCCCCCC/C=C\CCCCCCCCCCCCCCCCCCCC(=O)NC(CO)C(O)CCCCCCCCCCCCCCCCCCCCCC. The number of allylic oxidation sites excluding steroid dienone is 6. The first-order valence-electron chi connectivity index (χ1n) is 41.7. The van der Waals surface area contributed by atoms with Gasteiger partial charge in [0.05, 0.1) is 25.4 Å². The van der Waals surface area contributed by atoms with Gasteiger partial charge in [-0.05, 0) is 83.5 Å². The van der Waals surface area contributed by atoms with Crippen LogP contribution in [0.15, 0.2) is 36.5 Å². The largest absolute Gasteiger partial charge is 0.466 e. The molecular weight excluding hydrogens is 1110 g/mol. The topological polar surface area (TPSA) is 95.9 Å². The maximum atomic E-state index is 12.6. The van der Waals surface area contributed by atoms with E-state index in [2.05, 4.69) is 55.6 Å². The van der Waals surface area contributed by atoms with E-state index in [1.807, 2.05) is 0 Å². The number of esters is 1. The lowest BCUT2D eigenvalue weighted by molar-refractivity contribution is -0.143. The minimum atomic E-state index is -0.662. The Kier molecular flexibility index (Phi) is 78.8. The number of hydrogen-bond donors (Lipinski definition) is 3. The van der Waals surface area contributed by atoms with Crippen molar-refractivity contribution in [3.63, 3.8) is 0 Å². The van der Waals surface area contributed by atoms with Crippen molar-refractivity contribution in [1.29, 1.82) is 0 Å². The van der Waals surface area contributed by atoms with Crippen molar-refractivity contribution in [3.05, 3.63) is 36.5 Å². The third-order valence-corrected chi connectivity index (χ3v) is 19.7. The van der Waals surface area contributed by atoms with Crippen LogP contribution < -0.4 is 5.32 Å². The molecule has 0 saturated carbocycles. The molecule has 538 valence electrons. The Morgan fingerprint density at radius 2 is 0.549 bits per heavy atom. The fraction of sp³-hybridized carbons (Fsp3) is 0.906. The molecule has 0 aromatic rings. The van der Waals surface area contributed by atoms with Gasteiger partial charge in [-0.25, -0.2) is 0 Å². The molecule has 0 fully saturated rings. The van der Waals surface area contributed by atoms with E-state index >= 15 is 0 Å². The summed E-state index contributed by atoms with van der Waals surface area (Å²) in [6.45, 7) is 4.97. The summed E-state index contributed by atoms with van der Waals surface area (Å²) in [5, 5.41) is 23.5. The lowest BCUT2D eigenvalue weighted by Crippen LogP contribution is -2.45. The molecule has 0 bridgehead atoms. The normalized spacial score (nSPS) is 12.6. The van der Waals surface area contributed by atoms with Crippen molar-refractivity contribution in [2.45, 2.75) is 482 Å². The summed E-state index contributed by atoms with van der Waals surface area (Å²) in [5.41, 5.74) is 0. The van der Waals surface area contributed by atoms with Crippen molar-refractivity contribution in [1.82, 2.24) is 5.32 Å². The predicted molar refractivity (Wildman–Crippen MR) is 403 cm³/mol. The molecule has 1 amide bonds. The summed E-state index contributed by atoms with van der Waals surface area (Å²) in [6.07, 6.45) is 105. The number of unbranched alkanes of at least 4 members (excludes halogenated alkanes) is 62. The highest BCUT2D eigenvalue weighted by Gasteiger charge is 2.20. The van der Waals surface area contributed by atoms with E-state index in [-0.39, 0.29) is 18.5 Å². The molecule has 0 aliphatic heterocycles. The summed E-state index contributed by atoms with van der Waals surface area (Å²) in [5.74, 6) is -0.0164. The van der Waals surface area contributed by atoms with Gasteiger partial charge >= 0.3 is 5.97 Å². The van der Waals surface area contributed by atoms with E-state index in [4.69, 9.17) is 4.74 Å². The molecule has 0 aromatic heterocycles. The zero-order valence-corrected chi connectivity index (χ0v) is 61.9. The molecule has 0 radical (unpaired) electrons. The molecule has 6 heteroatoms. The van der Waals surface area contributed by atoms with E-state index in [1.165, 1.54) is 385 Å². The quantitative estimate of drug-likeness (QED) is 0.0320. The number of hydrogen-bond acceptors (Lipinski definition) is 5. The molecule has 2 unspecified atom stereocenters. The monoisotopic (exact) mass is 1280 g/mol. The Bertz CT molecular complexity index is 1470. The van der Waals surface area contributed by atoms with E-state index in [1.54, 1.807) is 0 Å². The van der Waals surface area contributed by atoms with Crippen LogP contribution in [0.25, 0.3) is 0 Å². The average molecular weight is 1280 g/mol. The highest BCUT2D eigenvalue weighted by molar-refractivity contribution is 5.76. The van der Waals surface area contributed by atoms with Crippen LogP contribution in [0.4, 0.5) is 0 Å². The Labute approximate surface area is 570 Å². The predicted octanol–water partition coefficient (Wildman–Crippen LogP) is 27.8. The highest BCUT2D eigenvalue weighted by Crippen LogP contribution is 2.20. The molecule has 2 atom stereocenters. The van der Waals surface area contributed by atoms with Crippen molar-refractivity contribution in [2.24, 2.45) is 0 Å². The number of aliphatic hydroxyl groups is 2. The van der Waals surface area contributed by atoms with Crippen LogP contribution in [0.3, 0.4) is 0 Å². The minimum Gasteiger partial charge on any atom is -0.466 e. The third-order valence-electron chi connectivity index (χ3n) is 19.7. The number of ether oxygens (including phenoxy) is 1. The summed E-state index contributed by atoms with van der Waals surface area (Å²) in [7, 11) is 0. The number of aliphatic hydroxyl groups excluding tert-OH is 2. The van der Waals surface area contributed by atoms with E-state index in [9.17, 15) is 19.8 Å². The fourth-order valence-electron chi connectivity index (χ4n) is 13.3. The summed E-state index contributed by atoms with van der Waals surface area (Å²) >= 11 is 0. The van der Waals surface area contributed by atoms with Crippen LogP contribution in [-0.4, -0.2) is 47.4 Å². The molecule has 0 aliphatic rings. The Hall–Kier alpha value is -1.92. The maximum absolute atomic E-state index is 12.6. The zero-order valence-electron chi connectivity index (χ0n) is 61.9. The van der Waals surface area contributed by atoms with Crippen molar-refractivity contribution in [3.8, 4) is 0 Å². The first-order valence-corrected chi connectivity index (χ1v) is 41.7. The number of rotatable bonds is 79. The number of carbonyl (C=O) groups excluding carboxylic acids is 2. The Morgan fingerprint density at radius 1 is 0.308 bits per heavy atom. The van der Waals surface area contributed by atoms with Crippen molar-refractivity contribution < 1.29 is 24.5 Å². The molecule has 0 aromatic carbocycles.